The number of Topliss-reactive ketones (excluding diaryl/α,β-unsaturated/α-hetero) is 1. The van der Waals surface area contributed by atoms with E-state index in [0.29, 0.717) is 0 Å². The zero-order valence-corrected chi connectivity index (χ0v) is 12.8. The number of ketones is 1. The third-order valence-corrected chi connectivity index (χ3v) is 3.96. The number of carbonyl (C=O) groups excluding carboxylic acids is 1. The minimum Gasteiger partial charge on any atom is -0.382 e. The van der Waals surface area contributed by atoms with Gasteiger partial charge in [0.15, 0.2) is 5.78 Å². The lowest BCUT2D eigenvalue weighted by Gasteiger charge is -2.32. The molecule has 3 rings (SSSR count). The summed E-state index contributed by atoms with van der Waals surface area (Å²) < 4.78 is 1.06. The molecule has 0 aliphatic carbocycles. The number of nitrogens with zero attached hydrogens (tertiary/aromatic N) is 1. The van der Waals surface area contributed by atoms with Crippen molar-refractivity contribution < 1.29 is 4.79 Å². The lowest BCUT2D eigenvalue weighted by atomic mass is 10.1. The third-order valence-electron chi connectivity index (χ3n) is 3.46. The number of hydrogen-bond acceptors (Lipinski definition) is 3. The molecular formula is C16H15BrN2O. The fourth-order valence-corrected chi connectivity index (χ4v) is 2.83. The molecule has 20 heavy (non-hydrogen) atoms. The van der Waals surface area contributed by atoms with Crippen LogP contribution in [0.1, 0.15) is 17.3 Å². The molecule has 1 heterocycles. The van der Waals surface area contributed by atoms with Crippen molar-refractivity contribution in [2.45, 2.75) is 6.92 Å². The van der Waals surface area contributed by atoms with Crippen LogP contribution in [0.3, 0.4) is 0 Å². The molecular weight excluding hydrogens is 316 g/mol. The van der Waals surface area contributed by atoms with E-state index in [2.05, 4.69) is 38.3 Å². The smallest absolute Gasteiger partial charge is 0.159 e. The Balaban J connectivity index is 2.04. The van der Waals surface area contributed by atoms with Gasteiger partial charge < -0.3 is 10.2 Å². The van der Waals surface area contributed by atoms with E-state index in [1.807, 2.05) is 30.3 Å². The largest absolute Gasteiger partial charge is 0.382 e. The molecule has 0 bridgehead atoms. The molecule has 0 spiro atoms. The highest BCUT2D eigenvalue weighted by Gasteiger charge is 2.18. The molecule has 2 aromatic carbocycles. The Morgan fingerprint density at radius 3 is 2.90 bits per heavy atom. The molecule has 3 nitrogen and oxygen atoms in total. The second-order valence-corrected chi connectivity index (χ2v) is 5.76. The van der Waals surface area contributed by atoms with Gasteiger partial charge in [-0.2, -0.15) is 0 Å². The number of hydrogen-bond donors (Lipinski definition) is 1. The normalized spacial score (nSPS) is 13.6. The fourth-order valence-electron chi connectivity index (χ4n) is 2.47. The number of benzene rings is 2. The van der Waals surface area contributed by atoms with Crippen LogP contribution in [-0.2, 0) is 0 Å². The van der Waals surface area contributed by atoms with Gasteiger partial charge in [0.05, 0.1) is 11.4 Å². The van der Waals surface area contributed by atoms with Crippen molar-refractivity contribution in [3.8, 4) is 0 Å². The van der Waals surface area contributed by atoms with Crippen LogP contribution in [0, 0.1) is 0 Å². The first-order valence-corrected chi connectivity index (χ1v) is 7.36. The van der Waals surface area contributed by atoms with E-state index in [-0.39, 0.29) is 5.78 Å². The van der Waals surface area contributed by atoms with Gasteiger partial charge in [-0.05, 0) is 37.3 Å². The van der Waals surface area contributed by atoms with E-state index in [1.54, 1.807) is 6.92 Å². The highest BCUT2D eigenvalue weighted by atomic mass is 79.9. The van der Waals surface area contributed by atoms with E-state index >= 15 is 0 Å². The molecule has 0 saturated carbocycles. The van der Waals surface area contributed by atoms with Crippen molar-refractivity contribution >= 4 is 38.8 Å². The van der Waals surface area contributed by atoms with Crippen molar-refractivity contribution in [3.63, 3.8) is 0 Å². The maximum absolute atomic E-state index is 11.5. The topological polar surface area (TPSA) is 32.3 Å². The first-order chi connectivity index (χ1) is 9.65. The molecule has 2 aromatic rings. The molecule has 0 radical (unpaired) electrons. The standard InChI is InChI=1S/C16H15BrN2O/c1-11(20)12-3-2-4-14(9-12)19-8-7-18-15-10-13(17)5-6-16(15)19/h2-6,9-10,18H,7-8H2,1H3. The average molecular weight is 331 g/mol. The van der Waals surface area contributed by atoms with Crippen LogP contribution in [0.25, 0.3) is 0 Å². The Bertz CT molecular complexity index is 669. The van der Waals surface area contributed by atoms with Gasteiger partial charge in [0, 0.05) is 28.8 Å². The summed E-state index contributed by atoms with van der Waals surface area (Å²) in [6.07, 6.45) is 0. The summed E-state index contributed by atoms with van der Waals surface area (Å²) in [6, 6.07) is 14.0. The van der Waals surface area contributed by atoms with Crippen LogP contribution in [0.15, 0.2) is 46.9 Å². The molecule has 0 fully saturated rings. The Morgan fingerprint density at radius 2 is 2.10 bits per heavy atom. The lowest BCUT2D eigenvalue weighted by Crippen LogP contribution is -2.30. The van der Waals surface area contributed by atoms with Gasteiger partial charge >= 0.3 is 0 Å². The predicted octanol–water partition coefficient (Wildman–Crippen LogP) is 4.22. The number of halogens is 1. The molecule has 4 heteroatoms. The molecule has 1 aliphatic rings. The number of rotatable bonds is 2. The zero-order valence-electron chi connectivity index (χ0n) is 11.2. The highest BCUT2D eigenvalue weighted by molar-refractivity contribution is 9.10. The Hall–Kier alpha value is -1.81. The van der Waals surface area contributed by atoms with Crippen molar-refractivity contribution in [2.75, 3.05) is 23.3 Å². The van der Waals surface area contributed by atoms with Crippen LogP contribution in [0.4, 0.5) is 17.1 Å². The fraction of sp³-hybridized carbons (Fsp3) is 0.188. The van der Waals surface area contributed by atoms with Crippen LogP contribution in [0.5, 0.6) is 0 Å². The highest BCUT2D eigenvalue weighted by Crippen LogP contribution is 2.36. The number of carbonyl (C=O) groups is 1. The van der Waals surface area contributed by atoms with E-state index in [0.717, 1.165) is 40.2 Å². The van der Waals surface area contributed by atoms with Gasteiger partial charge in [0.2, 0.25) is 0 Å². The summed E-state index contributed by atoms with van der Waals surface area (Å²) in [7, 11) is 0. The first kappa shape index (κ1) is 13.2. The van der Waals surface area contributed by atoms with Crippen LogP contribution < -0.4 is 10.2 Å². The summed E-state index contributed by atoms with van der Waals surface area (Å²) in [4.78, 5) is 13.8. The molecule has 1 N–H and O–H groups in total. The van der Waals surface area contributed by atoms with Gasteiger partial charge in [-0.15, -0.1) is 0 Å². The van der Waals surface area contributed by atoms with E-state index in [9.17, 15) is 4.79 Å². The van der Waals surface area contributed by atoms with Gasteiger partial charge in [-0.1, -0.05) is 28.1 Å². The summed E-state index contributed by atoms with van der Waals surface area (Å²) in [5.41, 5.74) is 4.06. The maximum atomic E-state index is 11.5. The second kappa shape index (κ2) is 5.29. The molecule has 0 amide bonds. The van der Waals surface area contributed by atoms with Gasteiger partial charge in [-0.25, -0.2) is 0 Å². The van der Waals surface area contributed by atoms with E-state index < -0.39 is 0 Å². The Labute approximate surface area is 126 Å². The SMILES string of the molecule is CC(=O)c1cccc(N2CCNc3cc(Br)ccc32)c1. The molecule has 0 saturated heterocycles. The van der Waals surface area contributed by atoms with Crippen LogP contribution in [0.2, 0.25) is 0 Å². The Morgan fingerprint density at radius 1 is 1.25 bits per heavy atom. The van der Waals surface area contributed by atoms with Crippen molar-refractivity contribution in [2.24, 2.45) is 0 Å². The van der Waals surface area contributed by atoms with E-state index in [4.69, 9.17) is 0 Å². The monoisotopic (exact) mass is 330 g/mol. The number of nitrogens with one attached hydrogen (secondary N) is 1. The van der Waals surface area contributed by atoms with Crippen LogP contribution >= 0.6 is 15.9 Å². The zero-order chi connectivity index (χ0) is 14.1. The third kappa shape index (κ3) is 2.43. The van der Waals surface area contributed by atoms with Crippen LogP contribution in [-0.4, -0.2) is 18.9 Å². The van der Waals surface area contributed by atoms with Gasteiger partial charge in [0.25, 0.3) is 0 Å². The molecule has 0 unspecified atom stereocenters. The van der Waals surface area contributed by atoms with E-state index in [1.165, 1.54) is 0 Å². The Kier molecular flexibility index (Phi) is 3.49. The van der Waals surface area contributed by atoms with Crippen molar-refractivity contribution in [3.05, 3.63) is 52.5 Å². The molecule has 102 valence electrons. The summed E-state index contributed by atoms with van der Waals surface area (Å²) in [5, 5.41) is 3.40. The summed E-state index contributed by atoms with van der Waals surface area (Å²) in [6.45, 7) is 3.37. The maximum Gasteiger partial charge on any atom is 0.159 e. The second-order valence-electron chi connectivity index (χ2n) is 4.85. The molecule has 1 aliphatic heterocycles. The van der Waals surface area contributed by atoms with Gasteiger partial charge in [0.1, 0.15) is 0 Å². The number of anilines is 3. The molecule has 0 aromatic heterocycles. The predicted molar refractivity (Wildman–Crippen MR) is 86.1 cm³/mol. The quantitative estimate of drug-likeness (QED) is 0.837. The minimum absolute atomic E-state index is 0.0954. The lowest BCUT2D eigenvalue weighted by molar-refractivity contribution is 0.101. The first-order valence-electron chi connectivity index (χ1n) is 6.57. The van der Waals surface area contributed by atoms with Crippen molar-refractivity contribution in [1.29, 1.82) is 0 Å². The van der Waals surface area contributed by atoms with Gasteiger partial charge in [-0.3, -0.25) is 4.79 Å². The summed E-state index contributed by atoms with van der Waals surface area (Å²) >= 11 is 3.49. The molecule has 0 atom stereocenters. The number of fused-ring (bicyclic) bond motifs is 1. The summed E-state index contributed by atoms with van der Waals surface area (Å²) in [5.74, 6) is 0.0954. The van der Waals surface area contributed by atoms with Crippen molar-refractivity contribution in [1.82, 2.24) is 0 Å². The average Bonchev–Trinajstić information content (AvgIpc) is 2.46. The minimum atomic E-state index is 0.0954.